The molecule has 0 spiro atoms. The largest absolute Gasteiger partial charge is 0.380 e. The number of hydrogen-bond acceptors (Lipinski definition) is 4. The highest BCUT2D eigenvalue weighted by molar-refractivity contribution is 4.66. The second kappa shape index (κ2) is 8.05. The van der Waals surface area contributed by atoms with E-state index in [-0.39, 0.29) is 6.10 Å². The molecule has 1 heterocycles. The molecule has 15 heavy (non-hydrogen) atoms. The van der Waals surface area contributed by atoms with Gasteiger partial charge in [-0.1, -0.05) is 0 Å². The molecule has 0 amide bonds. The summed E-state index contributed by atoms with van der Waals surface area (Å²) in [5.74, 6) is 0. The van der Waals surface area contributed by atoms with Gasteiger partial charge in [0.1, 0.15) is 0 Å². The molecule has 1 aliphatic heterocycles. The molecule has 0 aromatic heterocycles. The zero-order valence-electron chi connectivity index (χ0n) is 9.71. The maximum absolute atomic E-state index is 5.54. The summed E-state index contributed by atoms with van der Waals surface area (Å²) in [5, 5.41) is 3.40. The average molecular weight is 216 g/mol. The Morgan fingerprint density at radius 3 is 3.00 bits per heavy atom. The highest BCUT2D eigenvalue weighted by Gasteiger charge is 2.14. The number of rotatable bonds is 8. The van der Waals surface area contributed by atoms with Gasteiger partial charge in [0.15, 0.2) is 0 Å². The van der Waals surface area contributed by atoms with Crippen molar-refractivity contribution in [2.45, 2.75) is 37.9 Å². The second-order valence-corrected chi connectivity index (χ2v) is 4.06. The summed E-state index contributed by atoms with van der Waals surface area (Å²) in [7, 11) is 1.71. The zero-order valence-corrected chi connectivity index (χ0v) is 9.71. The third-order valence-corrected chi connectivity index (χ3v) is 2.91. The molecular weight excluding hydrogens is 192 g/mol. The van der Waals surface area contributed by atoms with E-state index in [1.807, 2.05) is 0 Å². The first-order valence-corrected chi connectivity index (χ1v) is 5.92. The van der Waals surface area contributed by atoms with Crippen molar-refractivity contribution >= 4 is 0 Å². The van der Waals surface area contributed by atoms with E-state index >= 15 is 0 Å². The maximum Gasteiger partial charge on any atom is 0.0705 e. The van der Waals surface area contributed by atoms with Crippen LogP contribution in [0.4, 0.5) is 0 Å². The van der Waals surface area contributed by atoms with Crippen molar-refractivity contribution in [2.75, 3.05) is 33.4 Å². The summed E-state index contributed by atoms with van der Waals surface area (Å²) in [6, 6.07) is 0. The third-order valence-electron chi connectivity index (χ3n) is 2.91. The molecule has 1 saturated heterocycles. The standard InChI is InChI=1S/C11H24N2O2/c1-14-11(9-12)5-7-13-6-4-10-3-2-8-15-10/h10-11,13H,2-9,12H2,1H3. The first kappa shape index (κ1) is 12.9. The predicted molar refractivity (Wildman–Crippen MR) is 60.9 cm³/mol. The smallest absolute Gasteiger partial charge is 0.0705 e. The fraction of sp³-hybridized carbons (Fsp3) is 1.00. The maximum atomic E-state index is 5.54. The van der Waals surface area contributed by atoms with E-state index in [9.17, 15) is 0 Å². The Bertz CT molecular complexity index is 142. The third kappa shape index (κ3) is 5.47. The van der Waals surface area contributed by atoms with Crippen LogP contribution < -0.4 is 11.1 Å². The van der Waals surface area contributed by atoms with E-state index in [0.717, 1.165) is 32.5 Å². The molecule has 90 valence electrons. The molecule has 1 aliphatic rings. The molecule has 0 bridgehead atoms. The van der Waals surface area contributed by atoms with Gasteiger partial charge in [0, 0.05) is 20.3 Å². The molecule has 1 fully saturated rings. The first-order chi connectivity index (χ1) is 7.36. The van der Waals surface area contributed by atoms with Crippen LogP contribution in [0.5, 0.6) is 0 Å². The molecule has 0 aromatic rings. The molecule has 4 nitrogen and oxygen atoms in total. The molecule has 0 aliphatic carbocycles. The number of hydrogen-bond donors (Lipinski definition) is 2. The highest BCUT2D eigenvalue weighted by atomic mass is 16.5. The number of ether oxygens (including phenoxy) is 2. The quantitative estimate of drug-likeness (QED) is 0.580. The van der Waals surface area contributed by atoms with Crippen molar-refractivity contribution in [3.63, 3.8) is 0 Å². The van der Waals surface area contributed by atoms with Gasteiger partial charge in [-0.25, -0.2) is 0 Å². The normalized spacial score (nSPS) is 23.2. The van der Waals surface area contributed by atoms with E-state index in [1.54, 1.807) is 7.11 Å². The van der Waals surface area contributed by atoms with Crippen molar-refractivity contribution in [1.29, 1.82) is 0 Å². The molecule has 2 atom stereocenters. The Kier molecular flexibility index (Phi) is 6.92. The van der Waals surface area contributed by atoms with Crippen LogP contribution in [0.3, 0.4) is 0 Å². The summed E-state index contributed by atoms with van der Waals surface area (Å²) in [5.41, 5.74) is 5.52. The van der Waals surface area contributed by atoms with Crippen molar-refractivity contribution in [2.24, 2.45) is 5.73 Å². The van der Waals surface area contributed by atoms with E-state index in [1.165, 1.54) is 12.8 Å². The number of nitrogens with two attached hydrogens (primary N) is 1. The minimum atomic E-state index is 0.195. The molecular formula is C11H24N2O2. The van der Waals surface area contributed by atoms with Crippen molar-refractivity contribution in [3.05, 3.63) is 0 Å². The lowest BCUT2D eigenvalue weighted by Gasteiger charge is -2.14. The summed E-state index contributed by atoms with van der Waals surface area (Å²) in [6.45, 7) is 3.56. The van der Waals surface area contributed by atoms with Gasteiger partial charge in [-0.15, -0.1) is 0 Å². The fourth-order valence-corrected chi connectivity index (χ4v) is 1.86. The summed E-state index contributed by atoms with van der Waals surface area (Å²) < 4.78 is 10.7. The van der Waals surface area contributed by atoms with Gasteiger partial charge in [-0.3, -0.25) is 0 Å². The second-order valence-electron chi connectivity index (χ2n) is 4.06. The Morgan fingerprint density at radius 1 is 1.53 bits per heavy atom. The molecule has 0 aromatic carbocycles. The lowest BCUT2D eigenvalue weighted by atomic mass is 10.2. The van der Waals surface area contributed by atoms with Crippen LogP contribution in [-0.4, -0.2) is 45.6 Å². The fourth-order valence-electron chi connectivity index (χ4n) is 1.86. The van der Waals surface area contributed by atoms with Crippen molar-refractivity contribution in [3.8, 4) is 0 Å². The number of methoxy groups -OCH3 is 1. The summed E-state index contributed by atoms with van der Waals surface area (Å²) in [4.78, 5) is 0. The Labute approximate surface area is 92.5 Å². The van der Waals surface area contributed by atoms with E-state index in [4.69, 9.17) is 15.2 Å². The van der Waals surface area contributed by atoms with Gasteiger partial charge in [0.2, 0.25) is 0 Å². The lowest BCUT2D eigenvalue weighted by molar-refractivity contribution is 0.0973. The summed E-state index contributed by atoms with van der Waals surface area (Å²) in [6.07, 6.45) is 5.25. The van der Waals surface area contributed by atoms with Gasteiger partial charge >= 0.3 is 0 Å². The Morgan fingerprint density at radius 2 is 2.40 bits per heavy atom. The van der Waals surface area contributed by atoms with E-state index in [0.29, 0.717) is 12.6 Å². The van der Waals surface area contributed by atoms with Gasteiger partial charge in [-0.05, 0) is 38.8 Å². The monoisotopic (exact) mass is 216 g/mol. The van der Waals surface area contributed by atoms with Crippen molar-refractivity contribution < 1.29 is 9.47 Å². The van der Waals surface area contributed by atoms with Crippen LogP contribution in [-0.2, 0) is 9.47 Å². The average Bonchev–Trinajstić information content (AvgIpc) is 2.76. The molecule has 2 unspecified atom stereocenters. The minimum absolute atomic E-state index is 0.195. The van der Waals surface area contributed by atoms with Crippen LogP contribution in [0.2, 0.25) is 0 Å². The summed E-state index contributed by atoms with van der Waals surface area (Å²) >= 11 is 0. The SMILES string of the molecule is COC(CN)CCNCCC1CCCO1. The molecule has 3 N–H and O–H groups in total. The molecule has 0 saturated carbocycles. The number of nitrogens with one attached hydrogen (secondary N) is 1. The molecule has 4 heteroatoms. The minimum Gasteiger partial charge on any atom is -0.380 e. The lowest BCUT2D eigenvalue weighted by Crippen LogP contribution is -2.29. The van der Waals surface area contributed by atoms with Gasteiger partial charge in [0.05, 0.1) is 12.2 Å². The Balaban J connectivity index is 1.87. The Hall–Kier alpha value is -0.160. The zero-order chi connectivity index (χ0) is 10.9. The van der Waals surface area contributed by atoms with Crippen LogP contribution >= 0.6 is 0 Å². The first-order valence-electron chi connectivity index (χ1n) is 5.92. The van der Waals surface area contributed by atoms with Crippen LogP contribution in [0.25, 0.3) is 0 Å². The van der Waals surface area contributed by atoms with E-state index in [2.05, 4.69) is 5.32 Å². The van der Waals surface area contributed by atoms with Gasteiger partial charge in [0.25, 0.3) is 0 Å². The highest BCUT2D eigenvalue weighted by Crippen LogP contribution is 2.14. The van der Waals surface area contributed by atoms with Crippen LogP contribution in [0.1, 0.15) is 25.7 Å². The predicted octanol–water partition coefficient (Wildman–Crippen LogP) is 0.509. The molecule has 1 rings (SSSR count). The van der Waals surface area contributed by atoms with Crippen LogP contribution in [0, 0.1) is 0 Å². The van der Waals surface area contributed by atoms with Crippen molar-refractivity contribution in [1.82, 2.24) is 5.32 Å². The van der Waals surface area contributed by atoms with E-state index < -0.39 is 0 Å². The van der Waals surface area contributed by atoms with Crippen LogP contribution in [0.15, 0.2) is 0 Å². The van der Waals surface area contributed by atoms with Gasteiger partial charge < -0.3 is 20.5 Å². The topological polar surface area (TPSA) is 56.5 Å². The van der Waals surface area contributed by atoms with Gasteiger partial charge in [-0.2, -0.15) is 0 Å². The molecule has 0 radical (unpaired) electrons.